The summed E-state index contributed by atoms with van der Waals surface area (Å²) in [6.07, 6.45) is 30.1. The largest absolute Gasteiger partial charge is 0.494 e. The summed E-state index contributed by atoms with van der Waals surface area (Å²) in [5.41, 5.74) is 1.66. The van der Waals surface area contributed by atoms with Crippen molar-refractivity contribution in [2.75, 3.05) is 13.2 Å². The van der Waals surface area contributed by atoms with Crippen LogP contribution in [-0.4, -0.2) is 19.0 Å². The Bertz CT molecular complexity index is 929. The lowest BCUT2D eigenvalue weighted by Gasteiger charge is -2.07. The van der Waals surface area contributed by atoms with Crippen LogP contribution in [0.2, 0.25) is 0 Å². The van der Waals surface area contributed by atoms with Crippen molar-refractivity contribution in [3.8, 4) is 11.5 Å². The third kappa shape index (κ3) is 18.1. The maximum Gasteiger partial charge on any atom is 0.185 e. The summed E-state index contributed by atoms with van der Waals surface area (Å²) < 4.78 is 11.8. The SMILES string of the molecule is CCCCCCCCCCCCCCCCOc1ccc(/C=C/C(=O)c2ccc(OCCCCCCCC)cc2)cc1. The molecule has 0 saturated carbocycles. The molecule has 234 valence electrons. The Morgan fingerprint density at radius 1 is 0.500 bits per heavy atom. The standard InChI is InChI=1S/C39H60O3/c1-3-5-7-9-11-12-13-14-15-16-17-18-20-22-33-41-37-28-23-35(24-29-37)25-32-39(40)36-26-30-38(31-27-36)42-34-21-19-10-8-6-4-2/h23-32H,3-22,33-34H2,1-2H3/b32-25+. The molecule has 0 aliphatic heterocycles. The van der Waals surface area contributed by atoms with Crippen LogP contribution >= 0.6 is 0 Å². The van der Waals surface area contributed by atoms with E-state index in [2.05, 4.69) is 13.8 Å². The number of carbonyl (C=O) groups excluding carboxylic acids is 1. The van der Waals surface area contributed by atoms with Gasteiger partial charge in [-0.1, -0.05) is 148 Å². The normalized spacial score (nSPS) is 11.3. The van der Waals surface area contributed by atoms with Gasteiger partial charge in [0.2, 0.25) is 0 Å². The van der Waals surface area contributed by atoms with Crippen LogP contribution in [0.3, 0.4) is 0 Å². The van der Waals surface area contributed by atoms with Crippen LogP contribution in [0.1, 0.15) is 158 Å². The van der Waals surface area contributed by atoms with Crippen molar-refractivity contribution < 1.29 is 14.3 Å². The van der Waals surface area contributed by atoms with Gasteiger partial charge in [-0.3, -0.25) is 4.79 Å². The number of allylic oxidation sites excluding steroid dienone is 1. The van der Waals surface area contributed by atoms with E-state index in [1.54, 1.807) is 6.08 Å². The lowest BCUT2D eigenvalue weighted by Crippen LogP contribution is -1.99. The third-order valence-electron chi connectivity index (χ3n) is 7.98. The van der Waals surface area contributed by atoms with E-state index in [9.17, 15) is 4.79 Å². The molecule has 0 atom stereocenters. The molecule has 2 aromatic rings. The van der Waals surface area contributed by atoms with E-state index >= 15 is 0 Å². The van der Waals surface area contributed by atoms with Crippen LogP contribution in [0.25, 0.3) is 6.08 Å². The smallest absolute Gasteiger partial charge is 0.185 e. The number of ketones is 1. The molecule has 2 rings (SSSR count). The van der Waals surface area contributed by atoms with Crippen LogP contribution in [0.5, 0.6) is 11.5 Å². The fourth-order valence-corrected chi connectivity index (χ4v) is 5.22. The highest BCUT2D eigenvalue weighted by molar-refractivity contribution is 6.06. The van der Waals surface area contributed by atoms with Crippen molar-refractivity contribution in [3.05, 3.63) is 65.7 Å². The summed E-state index contributed by atoms with van der Waals surface area (Å²) in [7, 11) is 0. The molecule has 0 N–H and O–H groups in total. The van der Waals surface area contributed by atoms with Gasteiger partial charge >= 0.3 is 0 Å². The number of benzene rings is 2. The maximum absolute atomic E-state index is 12.6. The van der Waals surface area contributed by atoms with Crippen molar-refractivity contribution in [2.24, 2.45) is 0 Å². The highest BCUT2D eigenvalue weighted by Crippen LogP contribution is 2.17. The molecule has 3 nitrogen and oxygen atoms in total. The average Bonchev–Trinajstić information content (AvgIpc) is 3.02. The van der Waals surface area contributed by atoms with E-state index in [4.69, 9.17) is 9.47 Å². The Balaban J connectivity index is 1.51. The molecule has 0 spiro atoms. The summed E-state index contributed by atoms with van der Waals surface area (Å²) in [6.45, 7) is 6.02. The average molecular weight is 577 g/mol. The summed E-state index contributed by atoms with van der Waals surface area (Å²) >= 11 is 0. The minimum atomic E-state index is -0.00407. The predicted octanol–water partition coefficient (Wildman–Crippen LogP) is 12.2. The van der Waals surface area contributed by atoms with Gasteiger partial charge in [0.15, 0.2) is 5.78 Å². The van der Waals surface area contributed by atoms with E-state index in [-0.39, 0.29) is 5.78 Å². The molecule has 0 unspecified atom stereocenters. The van der Waals surface area contributed by atoms with Crippen LogP contribution in [0, 0.1) is 0 Å². The lowest BCUT2D eigenvalue weighted by atomic mass is 10.0. The van der Waals surface area contributed by atoms with E-state index in [0.29, 0.717) is 5.56 Å². The Morgan fingerprint density at radius 3 is 1.26 bits per heavy atom. The van der Waals surface area contributed by atoms with E-state index in [0.717, 1.165) is 43.1 Å². The molecular weight excluding hydrogens is 516 g/mol. The first-order valence-electron chi connectivity index (χ1n) is 17.4. The van der Waals surface area contributed by atoms with Crippen LogP contribution in [0.15, 0.2) is 54.6 Å². The second-order valence-electron chi connectivity index (χ2n) is 11.9. The van der Waals surface area contributed by atoms with Gasteiger partial charge in [-0.15, -0.1) is 0 Å². The number of hydrogen-bond acceptors (Lipinski definition) is 3. The third-order valence-corrected chi connectivity index (χ3v) is 7.98. The zero-order valence-corrected chi connectivity index (χ0v) is 27.1. The van der Waals surface area contributed by atoms with E-state index in [1.807, 2.05) is 54.6 Å². The number of carbonyl (C=O) groups is 1. The summed E-state index contributed by atoms with van der Waals surface area (Å²) in [4.78, 5) is 12.6. The first-order valence-corrected chi connectivity index (χ1v) is 17.4. The monoisotopic (exact) mass is 576 g/mol. The van der Waals surface area contributed by atoms with Gasteiger partial charge in [0.1, 0.15) is 11.5 Å². The van der Waals surface area contributed by atoms with Gasteiger partial charge in [0.05, 0.1) is 13.2 Å². The lowest BCUT2D eigenvalue weighted by molar-refractivity contribution is 0.104. The molecular formula is C39H60O3. The number of ether oxygens (including phenoxy) is 2. The van der Waals surface area contributed by atoms with E-state index < -0.39 is 0 Å². The molecule has 0 amide bonds. The molecule has 0 bridgehead atoms. The Morgan fingerprint density at radius 2 is 0.857 bits per heavy atom. The quantitative estimate of drug-likeness (QED) is 0.0603. The molecule has 0 fully saturated rings. The maximum atomic E-state index is 12.6. The Kier molecular flexibility index (Phi) is 21.2. The minimum Gasteiger partial charge on any atom is -0.494 e. The second kappa shape index (κ2) is 25.0. The zero-order valence-electron chi connectivity index (χ0n) is 27.1. The van der Waals surface area contributed by atoms with Gasteiger partial charge in [0, 0.05) is 5.56 Å². The zero-order chi connectivity index (χ0) is 29.9. The second-order valence-corrected chi connectivity index (χ2v) is 11.9. The number of rotatable bonds is 27. The van der Waals surface area contributed by atoms with Crippen molar-refractivity contribution in [1.82, 2.24) is 0 Å². The Hall–Kier alpha value is -2.55. The molecule has 0 aliphatic rings. The topological polar surface area (TPSA) is 35.5 Å². The molecule has 0 aliphatic carbocycles. The molecule has 3 heteroatoms. The highest BCUT2D eigenvalue weighted by Gasteiger charge is 2.03. The first kappa shape index (κ1) is 35.6. The summed E-state index contributed by atoms with van der Waals surface area (Å²) in [5, 5.41) is 0. The molecule has 0 heterocycles. The van der Waals surface area contributed by atoms with Crippen LogP contribution in [0.4, 0.5) is 0 Å². The van der Waals surface area contributed by atoms with Crippen molar-refractivity contribution >= 4 is 11.9 Å². The predicted molar refractivity (Wildman–Crippen MR) is 181 cm³/mol. The fourth-order valence-electron chi connectivity index (χ4n) is 5.22. The van der Waals surface area contributed by atoms with Crippen LogP contribution in [-0.2, 0) is 0 Å². The van der Waals surface area contributed by atoms with Crippen molar-refractivity contribution in [3.63, 3.8) is 0 Å². The van der Waals surface area contributed by atoms with Gasteiger partial charge in [0.25, 0.3) is 0 Å². The van der Waals surface area contributed by atoms with Gasteiger partial charge in [-0.2, -0.15) is 0 Å². The van der Waals surface area contributed by atoms with Gasteiger partial charge < -0.3 is 9.47 Å². The Labute approximate surface area is 258 Å². The minimum absolute atomic E-state index is 0.00407. The molecule has 42 heavy (non-hydrogen) atoms. The number of hydrogen-bond donors (Lipinski definition) is 0. The van der Waals surface area contributed by atoms with Crippen molar-refractivity contribution in [1.29, 1.82) is 0 Å². The molecule has 0 radical (unpaired) electrons. The fraction of sp³-hybridized carbons (Fsp3) is 0.615. The highest BCUT2D eigenvalue weighted by atomic mass is 16.5. The first-order chi connectivity index (χ1) is 20.7. The summed E-state index contributed by atoms with van der Waals surface area (Å²) in [5.74, 6) is 1.72. The summed E-state index contributed by atoms with van der Waals surface area (Å²) in [6, 6.07) is 15.5. The molecule has 2 aromatic carbocycles. The van der Waals surface area contributed by atoms with Gasteiger partial charge in [-0.05, 0) is 60.9 Å². The molecule has 0 aromatic heterocycles. The molecule has 0 saturated heterocycles. The number of unbranched alkanes of at least 4 members (excludes halogenated alkanes) is 18. The van der Waals surface area contributed by atoms with Gasteiger partial charge in [-0.25, -0.2) is 0 Å². The van der Waals surface area contributed by atoms with E-state index in [1.165, 1.54) is 116 Å². The van der Waals surface area contributed by atoms with Crippen molar-refractivity contribution in [2.45, 2.75) is 142 Å². The van der Waals surface area contributed by atoms with Crippen LogP contribution < -0.4 is 9.47 Å².